The van der Waals surface area contributed by atoms with E-state index in [-0.39, 0.29) is 22.5 Å². The van der Waals surface area contributed by atoms with Gasteiger partial charge >= 0.3 is 5.97 Å². The van der Waals surface area contributed by atoms with Crippen molar-refractivity contribution >= 4 is 35.0 Å². The number of carbonyl (C=O) groups is 1. The Bertz CT molecular complexity index is 533. The molecule has 8 heteroatoms. The van der Waals surface area contributed by atoms with E-state index >= 15 is 0 Å². The van der Waals surface area contributed by atoms with E-state index in [1.165, 1.54) is 17.8 Å². The zero-order valence-electron chi connectivity index (χ0n) is 9.84. The zero-order chi connectivity index (χ0) is 14.0. The summed E-state index contributed by atoms with van der Waals surface area (Å²) in [7, 11) is 0. The van der Waals surface area contributed by atoms with E-state index in [1.54, 1.807) is 0 Å². The molecule has 19 heavy (non-hydrogen) atoms. The van der Waals surface area contributed by atoms with Gasteiger partial charge in [0.1, 0.15) is 11.2 Å². The van der Waals surface area contributed by atoms with Gasteiger partial charge in [-0.2, -0.15) is 0 Å². The molecule has 0 atom stereocenters. The number of aliphatic carboxylic acids is 1. The summed E-state index contributed by atoms with van der Waals surface area (Å²) in [5.74, 6) is -0.190. The minimum absolute atomic E-state index is 0.143. The molecule has 0 bridgehead atoms. The van der Waals surface area contributed by atoms with Crippen LogP contribution in [-0.4, -0.2) is 26.7 Å². The predicted octanol–water partition coefficient (Wildman–Crippen LogP) is 2.99. The molecule has 1 aromatic rings. The largest absolute Gasteiger partial charge is 0.481 e. The third-order valence-corrected chi connectivity index (χ3v) is 4.76. The molecule has 1 aromatic heterocycles. The van der Waals surface area contributed by atoms with Crippen LogP contribution in [0, 0.1) is 15.5 Å². The van der Waals surface area contributed by atoms with Crippen LogP contribution in [0.25, 0.3) is 0 Å². The lowest BCUT2D eigenvalue weighted by Crippen LogP contribution is -2.11. The highest BCUT2D eigenvalue weighted by Gasteiger charge is 2.44. The van der Waals surface area contributed by atoms with E-state index in [0.717, 1.165) is 19.0 Å². The molecule has 0 aliphatic heterocycles. The monoisotopic (exact) mass is 302 g/mol. The number of carboxylic acid groups (broad SMARTS) is 1. The molecule has 0 unspecified atom stereocenters. The summed E-state index contributed by atoms with van der Waals surface area (Å²) in [6.45, 7) is 0. The van der Waals surface area contributed by atoms with Gasteiger partial charge in [0.15, 0.2) is 0 Å². The number of nitro groups is 1. The second-order valence-corrected chi connectivity index (χ2v) is 5.97. The molecule has 102 valence electrons. The molecule has 0 amide bonds. The molecule has 1 saturated carbocycles. The zero-order valence-corrected chi connectivity index (χ0v) is 11.4. The minimum Gasteiger partial charge on any atom is -0.481 e. The van der Waals surface area contributed by atoms with Gasteiger partial charge in [0.25, 0.3) is 5.69 Å². The Hall–Kier alpha value is -1.34. The normalized spacial score (nSPS) is 16.1. The van der Waals surface area contributed by atoms with Crippen molar-refractivity contribution in [3.8, 4) is 0 Å². The maximum absolute atomic E-state index is 10.7. The average Bonchev–Trinajstić information content (AvgIpc) is 3.06. The van der Waals surface area contributed by atoms with Crippen molar-refractivity contribution in [2.24, 2.45) is 5.41 Å². The van der Waals surface area contributed by atoms with Gasteiger partial charge in [0.05, 0.1) is 16.4 Å². The Morgan fingerprint density at radius 1 is 1.63 bits per heavy atom. The summed E-state index contributed by atoms with van der Waals surface area (Å²) < 4.78 is 0. The van der Waals surface area contributed by atoms with Gasteiger partial charge in [0.2, 0.25) is 0 Å². The van der Waals surface area contributed by atoms with Crippen LogP contribution in [0.1, 0.15) is 19.3 Å². The molecule has 1 aliphatic rings. The smallest absolute Gasteiger partial charge is 0.303 e. The summed E-state index contributed by atoms with van der Waals surface area (Å²) in [6, 6.07) is 1.26. The number of hydrogen-bond donors (Lipinski definition) is 1. The van der Waals surface area contributed by atoms with Crippen LogP contribution < -0.4 is 0 Å². The average molecular weight is 303 g/mol. The Morgan fingerprint density at radius 2 is 2.32 bits per heavy atom. The molecule has 0 spiro atoms. The lowest BCUT2D eigenvalue weighted by molar-refractivity contribution is -0.385. The first kappa shape index (κ1) is 14.1. The Labute approximate surface area is 118 Å². The van der Waals surface area contributed by atoms with Crippen LogP contribution in [0.4, 0.5) is 5.69 Å². The van der Waals surface area contributed by atoms with Crippen molar-refractivity contribution < 1.29 is 14.8 Å². The van der Waals surface area contributed by atoms with Gasteiger partial charge < -0.3 is 5.11 Å². The topological polar surface area (TPSA) is 93.3 Å². The number of thioether (sulfide) groups is 1. The second kappa shape index (κ2) is 5.34. The Balaban J connectivity index is 2.00. The van der Waals surface area contributed by atoms with Crippen molar-refractivity contribution in [1.29, 1.82) is 0 Å². The Kier molecular flexibility index (Phi) is 3.96. The van der Waals surface area contributed by atoms with Crippen molar-refractivity contribution in [3.05, 3.63) is 27.4 Å². The maximum Gasteiger partial charge on any atom is 0.303 e. The van der Waals surface area contributed by atoms with E-state index in [1.807, 2.05) is 0 Å². The van der Waals surface area contributed by atoms with Crippen molar-refractivity contribution in [2.75, 3.05) is 5.75 Å². The predicted molar refractivity (Wildman–Crippen MR) is 70.5 cm³/mol. The number of hydrogen-bond acceptors (Lipinski definition) is 5. The van der Waals surface area contributed by atoms with Gasteiger partial charge in [-0.25, -0.2) is 4.98 Å². The third-order valence-electron chi connectivity index (χ3n) is 3.00. The molecule has 0 radical (unpaired) electrons. The summed E-state index contributed by atoms with van der Waals surface area (Å²) in [5.41, 5.74) is -0.315. The van der Waals surface area contributed by atoms with Crippen LogP contribution in [0.3, 0.4) is 0 Å². The fraction of sp³-hybridized carbons (Fsp3) is 0.455. The minimum atomic E-state index is -0.805. The van der Waals surface area contributed by atoms with E-state index in [0.29, 0.717) is 10.8 Å². The van der Waals surface area contributed by atoms with Gasteiger partial charge in [-0.15, -0.1) is 11.8 Å². The molecule has 1 aliphatic carbocycles. The lowest BCUT2D eigenvalue weighted by Gasteiger charge is -2.11. The molecular weight excluding hydrogens is 292 g/mol. The number of nitrogens with zero attached hydrogens (tertiary/aromatic N) is 2. The fourth-order valence-corrected chi connectivity index (χ4v) is 3.19. The van der Waals surface area contributed by atoms with Crippen molar-refractivity contribution in [2.45, 2.75) is 24.3 Å². The van der Waals surface area contributed by atoms with Gasteiger partial charge in [-0.1, -0.05) is 11.6 Å². The van der Waals surface area contributed by atoms with Crippen LogP contribution >= 0.6 is 23.4 Å². The van der Waals surface area contributed by atoms with Crippen LogP contribution in [0.2, 0.25) is 5.02 Å². The van der Waals surface area contributed by atoms with E-state index in [4.69, 9.17) is 16.7 Å². The number of rotatable bonds is 6. The summed E-state index contributed by atoms with van der Waals surface area (Å²) in [5, 5.41) is 20.1. The summed E-state index contributed by atoms with van der Waals surface area (Å²) in [4.78, 5) is 24.7. The van der Waals surface area contributed by atoms with Gasteiger partial charge in [-0.3, -0.25) is 14.9 Å². The molecule has 2 rings (SSSR count). The number of halogens is 1. The number of aromatic nitrogens is 1. The second-order valence-electron chi connectivity index (χ2n) is 4.60. The highest BCUT2D eigenvalue weighted by Crippen LogP contribution is 2.52. The molecule has 1 fully saturated rings. The fourth-order valence-electron chi connectivity index (χ4n) is 1.71. The molecule has 0 aromatic carbocycles. The van der Waals surface area contributed by atoms with Crippen LogP contribution in [0.15, 0.2) is 17.3 Å². The van der Waals surface area contributed by atoms with E-state index < -0.39 is 10.9 Å². The first-order valence-corrected chi connectivity index (χ1v) is 6.93. The molecule has 1 heterocycles. The molecule has 6 nitrogen and oxygen atoms in total. The van der Waals surface area contributed by atoms with Crippen LogP contribution in [-0.2, 0) is 4.79 Å². The van der Waals surface area contributed by atoms with E-state index in [9.17, 15) is 14.9 Å². The molecule has 0 saturated heterocycles. The molecular formula is C11H11ClN2O4S. The highest BCUT2D eigenvalue weighted by molar-refractivity contribution is 7.99. The van der Waals surface area contributed by atoms with Crippen LogP contribution in [0.5, 0.6) is 0 Å². The summed E-state index contributed by atoms with van der Waals surface area (Å²) in [6.07, 6.45) is 3.07. The van der Waals surface area contributed by atoms with Crippen molar-refractivity contribution in [3.63, 3.8) is 0 Å². The van der Waals surface area contributed by atoms with E-state index in [2.05, 4.69) is 4.98 Å². The lowest BCUT2D eigenvalue weighted by atomic mass is 10.1. The summed E-state index contributed by atoms with van der Waals surface area (Å²) >= 11 is 7.27. The first-order chi connectivity index (χ1) is 8.92. The molecule has 1 N–H and O–H groups in total. The number of carboxylic acids is 1. The van der Waals surface area contributed by atoms with Gasteiger partial charge in [-0.05, 0) is 18.3 Å². The standard InChI is InChI=1S/C11H11ClN2O4S/c12-8-3-7(14(17)18)5-13-10(8)19-6-11(1-2-11)4-9(15)16/h3,5H,1-2,4,6H2,(H,15,16). The first-order valence-electron chi connectivity index (χ1n) is 5.56. The highest BCUT2D eigenvalue weighted by atomic mass is 35.5. The van der Waals surface area contributed by atoms with Gasteiger partial charge in [0, 0.05) is 11.8 Å². The SMILES string of the molecule is O=C(O)CC1(CSc2ncc([N+](=O)[O-])cc2Cl)CC1. The number of pyridine rings is 1. The quantitative estimate of drug-likeness (QED) is 0.493. The Morgan fingerprint density at radius 3 is 2.79 bits per heavy atom. The third kappa shape index (κ3) is 3.57. The maximum atomic E-state index is 10.7. The van der Waals surface area contributed by atoms with Crippen molar-refractivity contribution in [1.82, 2.24) is 4.98 Å².